The van der Waals surface area contributed by atoms with Crippen molar-refractivity contribution in [3.63, 3.8) is 0 Å². The number of rotatable bonds is 0. The predicted molar refractivity (Wildman–Crippen MR) is 43.9 cm³/mol. The minimum atomic E-state index is 0. The molecular formula is C8H6NNaS. The molecule has 3 heteroatoms. The second kappa shape index (κ2) is 3.59. The Labute approximate surface area is 92.9 Å². The van der Waals surface area contributed by atoms with E-state index in [4.69, 9.17) is 12.6 Å². The molecule has 0 bridgehead atoms. The van der Waals surface area contributed by atoms with Gasteiger partial charge in [0.25, 0.3) is 0 Å². The van der Waals surface area contributed by atoms with E-state index in [1.54, 1.807) is 0 Å². The average molecular weight is 171 g/mol. The van der Waals surface area contributed by atoms with Gasteiger partial charge in [-0.1, -0.05) is 18.2 Å². The molecule has 0 aliphatic heterocycles. The number of aromatic nitrogens is 1. The van der Waals surface area contributed by atoms with Crippen LogP contribution in [-0.2, 0) is 12.6 Å². The third-order valence-corrected chi connectivity index (χ3v) is 1.89. The molecule has 0 fully saturated rings. The second-order valence-corrected chi connectivity index (χ2v) is 2.64. The molecule has 0 aliphatic carbocycles. The monoisotopic (exact) mass is 171 g/mol. The number of nitrogens with one attached hydrogen (secondary N) is 1. The molecule has 1 aromatic heterocycles. The average Bonchev–Trinajstić information content (AvgIpc) is 2.34. The summed E-state index contributed by atoms with van der Waals surface area (Å²) in [5.41, 5.74) is 1.12. The van der Waals surface area contributed by atoms with Crippen molar-refractivity contribution in [2.45, 2.75) is 4.90 Å². The summed E-state index contributed by atoms with van der Waals surface area (Å²) in [5, 5.41) is 1.14. The molecule has 0 radical (unpaired) electrons. The van der Waals surface area contributed by atoms with Gasteiger partial charge in [-0.15, -0.1) is 4.90 Å². The molecule has 0 spiro atoms. The van der Waals surface area contributed by atoms with Gasteiger partial charge in [-0.3, -0.25) is 0 Å². The molecule has 1 heterocycles. The van der Waals surface area contributed by atoms with Crippen LogP contribution in [0.3, 0.4) is 0 Å². The molecule has 0 aliphatic rings. The largest absolute Gasteiger partial charge is 1.00 e. The fourth-order valence-electron chi connectivity index (χ4n) is 1.04. The summed E-state index contributed by atoms with van der Waals surface area (Å²) in [6.45, 7) is 0. The van der Waals surface area contributed by atoms with Crippen LogP contribution in [0.5, 0.6) is 0 Å². The van der Waals surface area contributed by atoms with Crippen molar-refractivity contribution in [2.75, 3.05) is 0 Å². The van der Waals surface area contributed by atoms with E-state index in [0.29, 0.717) is 0 Å². The van der Waals surface area contributed by atoms with E-state index in [9.17, 15) is 0 Å². The quantitative estimate of drug-likeness (QED) is 0.400. The molecule has 0 saturated heterocycles. The SMILES string of the molecule is [Na+].[S-]c1c[nH]c2ccccc12. The molecule has 0 amide bonds. The van der Waals surface area contributed by atoms with Crippen LogP contribution in [0.15, 0.2) is 35.4 Å². The zero-order chi connectivity index (χ0) is 6.97. The first-order valence-electron chi connectivity index (χ1n) is 3.11. The number of para-hydroxylation sites is 1. The van der Waals surface area contributed by atoms with Crippen molar-refractivity contribution >= 4 is 23.5 Å². The Morgan fingerprint density at radius 1 is 1.18 bits per heavy atom. The summed E-state index contributed by atoms with van der Waals surface area (Å²) < 4.78 is 0. The zero-order valence-corrected chi connectivity index (χ0v) is 9.11. The van der Waals surface area contributed by atoms with Gasteiger partial charge in [-0.05, 0) is 17.6 Å². The molecule has 2 aromatic rings. The number of fused-ring (bicyclic) bond motifs is 1. The number of H-pyrrole nitrogens is 1. The number of aromatic amines is 1. The summed E-state index contributed by atoms with van der Waals surface area (Å²) in [4.78, 5) is 3.98. The predicted octanol–water partition coefficient (Wildman–Crippen LogP) is -0.922. The Bertz CT molecular complexity index is 356. The van der Waals surface area contributed by atoms with Gasteiger partial charge in [-0.25, -0.2) is 0 Å². The number of hydrogen-bond acceptors (Lipinski definition) is 1. The standard InChI is InChI=1S/C8H7NS.Na/c10-8-5-9-7-4-2-1-3-6(7)8;/h1-5,9-10H;/q;+1/p-1. The summed E-state index contributed by atoms with van der Waals surface area (Å²) in [6, 6.07) is 8.03. The van der Waals surface area contributed by atoms with Crippen molar-refractivity contribution < 1.29 is 29.6 Å². The maximum atomic E-state index is 5.06. The first-order valence-corrected chi connectivity index (χ1v) is 3.52. The number of hydrogen-bond donors (Lipinski definition) is 1. The molecule has 1 N–H and O–H groups in total. The summed E-state index contributed by atoms with van der Waals surface area (Å²) in [5.74, 6) is 0. The van der Waals surface area contributed by atoms with E-state index in [2.05, 4.69) is 4.98 Å². The summed E-state index contributed by atoms with van der Waals surface area (Å²) >= 11 is 5.06. The van der Waals surface area contributed by atoms with Crippen LogP contribution in [0.25, 0.3) is 10.9 Å². The van der Waals surface area contributed by atoms with Gasteiger partial charge < -0.3 is 17.6 Å². The molecule has 0 unspecified atom stereocenters. The molecular weight excluding hydrogens is 165 g/mol. The van der Waals surface area contributed by atoms with Crippen molar-refractivity contribution in [3.05, 3.63) is 30.5 Å². The first kappa shape index (κ1) is 9.07. The molecule has 0 atom stereocenters. The van der Waals surface area contributed by atoms with Gasteiger partial charge in [0.05, 0.1) is 0 Å². The third kappa shape index (κ3) is 1.59. The van der Waals surface area contributed by atoms with Crippen LogP contribution >= 0.6 is 0 Å². The van der Waals surface area contributed by atoms with Gasteiger partial charge in [0.2, 0.25) is 0 Å². The maximum absolute atomic E-state index is 5.06. The molecule has 11 heavy (non-hydrogen) atoms. The smallest absolute Gasteiger partial charge is 0.778 e. The van der Waals surface area contributed by atoms with Crippen molar-refractivity contribution in [1.82, 2.24) is 4.98 Å². The van der Waals surface area contributed by atoms with Gasteiger partial charge in [0.15, 0.2) is 0 Å². The Balaban J connectivity index is 0.000000605. The molecule has 0 saturated carbocycles. The van der Waals surface area contributed by atoms with Crippen LogP contribution < -0.4 is 29.6 Å². The van der Waals surface area contributed by atoms with E-state index in [1.807, 2.05) is 30.5 Å². The Morgan fingerprint density at radius 3 is 2.64 bits per heavy atom. The van der Waals surface area contributed by atoms with Gasteiger partial charge in [0.1, 0.15) is 0 Å². The maximum Gasteiger partial charge on any atom is 1.00 e. The van der Waals surface area contributed by atoms with Crippen LogP contribution in [-0.4, -0.2) is 4.98 Å². The molecule has 1 aromatic carbocycles. The summed E-state index contributed by atoms with van der Waals surface area (Å²) in [6.07, 6.45) is 1.85. The molecule has 1 nitrogen and oxygen atoms in total. The van der Waals surface area contributed by atoms with E-state index < -0.39 is 0 Å². The number of benzene rings is 1. The van der Waals surface area contributed by atoms with Gasteiger partial charge in [0, 0.05) is 5.52 Å². The van der Waals surface area contributed by atoms with E-state index >= 15 is 0 Å². The van der Waals surface area contributed by atoms with Crippen molar-refractivity contribution in [3.8, 4) is 0 Å². The fraction of sp³-hybridized carbons (Fsp3) is 0. The Morgan fingerprint density at radius 2 is 1.91 bits per heavy atom. The van der Waals surface area contributed by atoms with Crippen molar-refractivity contribution in [1.29, 1.82) is 0 Å². The Kier molecular flexibility index (Phi) is 2.96. The fourth-order valence-corrected chi connectivity index (χ4v) is 1.28. The minimum Gasteiger partial charge on any atom is -0.778 e. The normalized spacial score (nSPS) is 9.45. The Hall–Kier alpha value is -0.0200. The van der Waals surface area contributed by atoms with E-state index in [-0.39, 0.29) is 29.6 Å². The van der Waals surface area contributed by atoms with Crippen molar-refractivity contribution in [2.24, 2.45) is 0 Å². The second-order valence-electron chi connectivity index (χ2n) is 2.20. The first-order chi connectivity index (χ1) is 4.88. The van der Waals surface area contributed by atoms with Crippen LogP contribution in [0, 0.1) is 0 Å². The van der Waals surface area contributed by atoms with Crippen LogP contribution in [0.2, 0.25) is 0 Å². The van der Waals surface area contributed by atoms with Gasteiger partial charge >= 0.3 is 29.6 Å². The zero-order valence-electron chi connectivity index (χ0n) is 6.29. The van der Waals surface area contributed by atoms with E-state index in [0.717, 1.165) is 15.8 Å². The third-order valence-electron chi connectivity index (χ3n) is 1.55. The molecule has 50 valence electrons. The topological polar surface area (TPSA) is 15.8 Å². The van der Waals surface area contributed by atoms with Crippen LogP contribution in [0.4, 0.5) is 0 Å². The van der Waals surface area contributed by atoms with Crippen LogP contribution in [0.1, 0.15) is 0 Å². The summed E-state index contributed by atoms with van der Waals surface area (Å²) in [7, 11) is 0. The van der Waals surface area contributed by atoms with E-state index in [1.165, 1.54) is 0 Å². The minimum absolute atomic E-state index is 0. The molecule has 2 rings (SSSR count). The van der Waals surface area contributed by atoms with Gasteiger partial charge in [-0.2, -0.15) is 0 Å².